The second kappa shape index (κ2) is 9.81. The number of fused-ring (bicyclic) bond motifs is 1. The summed E-state index contributed by atoms with van der Waals surface area (Å²) in [6, 6.07) is 9.02. The fourth-order valence-electron chi connectivity index (χ4n) is 3.66. The molecule has 2 aromatic rings. The summed E-state index contributed by atoms with van der Waals surface area (Å²) in [5.41, 5.74) is 0.0900. The predicted molar refractivity (Wildman–Crippen MR) is 115 cm³/mol. The summed E-state index contributed by atoms with van der Waals surface area (Å²) in [5, 5.41) is 7.18. The van der Waals surface area contributed by atoms with Crippen molar-refractivity contribution in [2.75, 3.05) is 5.32 Å². The van der Waals surface area contributed by atoms with E-state index in [1.165, 1.54) is 0 Å². The average molecular weight is 436 g/mol. The van der Waals surface area contributed by atoms with Crippen LogP contribution in [-0.4, -0.2) is 32.1 Å². The van der Waals surface area contributed by atoms with Crippen LogP contribution < -0.4 is 10.6 Å². The van der Waals surface area contributed by atoms with Crippen molar-refractivity contribution in [1.82, 2.24) is 10.3 Å². The second-order valence-electron chi connectivity index (χ2n) is 8.28. The van der Waals surface area contributed by atoms with E-state index in [1.807, 2.05) is 0 Å². The van der Waals surface area contributed by atoms with Crippen LogP contribution in [0, 0.1) is 5.92 Å². The van der Waals surface area contributed by atoms with E-state index in [-0.39, 0.29) is 17.6 Å². The SMILES string of the molecule is CC(C)CCC(=O)N[C@H]1CC[C@@H](Nc2cc(C(F)(F)F)nc3ccccc23)CC[Si]1. The molecule has 1 aliphatic rings. The van der Waals surface area contributed by atoms with Crippen molar-refractivity contribution in [3.05, 3.63) is 36.0 Å². The van der Waals surface area contributed by atoms with Gasteiger partial charge in [-0.3, -0.25) is 4.79 Å². The molecule has 1 aliphatic heterocycles. The third-order valence-corrected chi connectivity index (χ3v) is 6.84. The van der Waals surface area contributed by atoms with Crippen molar-refractivity contribution in [3.8, 4) is 0 Å². The zero-order valence-corrected chi connectivity index (χ0v) is 18.4. The second-order valence-corrected chi connectivity index (χ2v) is 9.89. The molecule has 8 heteroatoms. The third-order valence-electron chi connectivity index (χ3n) is 5.34. The molecule has 1 fully saturated rings. The van der Waals surface area contributed by atoms with Crippen LogP contribution in [0.4, 0.5) is 18.9 Å². The molecule has 2 N–H and O–H groups in total. The number of alkyl halides is 3. The Balaban J connectivity index is 1.67. The number of hydrogen-bond acceptors (Lipinski definition) is 3. The van der Waals surface area contributed by atoms with E-state index in [2.05, 4.69) is 29.5 Å². The average Bonchev–Trinajstić information content (AvgIpc) is 2.90. The fraction of sp³-hybridized carbons (Fsp3) is 0.545. The van der Waals surface area contributed by atoms with Gasteiger partial charge in [-0.05, 0) is 43.7 Å². The Morgan fingerprint density at radius 3 is 2.73 bits per heavy atom. The Hall–Kier alpha value is -2.09. The van der Waals surface area contributed by atoms with Gasteiger partial charge in [0.25, 0.3) is 0 Å². The molecular formula is C22H28F3N3OSi. The Morgan fingerprint density at radius 2 is 2.00 bits per heavy atom. The highest BCUT2D eigenvalue weighted by Crippen LogP contribution is 2.34. The summed E-state index contributed by atoms with van der Waals surface area (Å²) in [5.74, 6) is 0.597. The summed E-state index contributed by atoms with van der Waals surface area (Å²) in [7, 11) is 0.630. The molecule has 2 radical (unpaired) electrons. The molecule has 2 heterocycles. The quantitative estimate of drug-likeness (QED) is 0.612. The molecule has 162 valence electrons. The molecule has 0 saturated carbocycles. The minimum Gasteiger partial charge on any atom is -0.382 e. The number of benzene rings is 1. The first kappa shape index (κ1) is 22.6. The monoisotopic (exact) mass is 435 g/mol. The molecule has 4 nitrogen and oxygen atoms in total. The number of rotatable bonds is 6. The van der Waals surface area contributed by atoms with E-state index < -0.39 is 11.9 Å². The number of hydrogen-bond donors (Lipinski definition) is 2. The van der Waals surface area contributed by atoms with E-state index in [9.17, 15) is 18.0 Å². The highest BCUT2D eigenvalue weighted by atomic mass is 28.2. The number of carbonyl (C=O) groups is 1. The number of aromatic nitrogens is 1. The molecule has 0 spiro atoms. The van der Waals surface area contributed by atoms with Gasteiger partial charge in [0.05, 0.1) is 15.0 Å². The standard InChI is InChI=1S/C22H28F3N3OSi/c1-14(2)7-9-20(29)28-21-10-8-15(11-12-30-21)26-18-13-19(22(23,24)25)27-17-6-4-3-5-16(17)18/h3-6,13-15,21H,7-12H2,1-2H3,(H,26,27)(H,28,29)/t15-,21-/m1/s1. The number of anilines is 1. The van der Waals surface area contributed by atoms with Crippen LogP contribution in [0.15, 0.2) is 30.3 Å². The summed E-state index contributed by atoms with van der Waals surface area (Å²) in [6.07, 6.45) is -0.559. The first-order chi connectivity index (χ1) is 14.2. The van der Waals surface area contributed by atoms with E-state index in [4.69, 9.17) is 0 Å². The third kappa shape index (κ3) is 6.20. The molecular weight excluding hydrogens is 407 g/mol. The van der Waals surface area contributed by atoms with Crippen molar-refractivity contribution >= 4 is 32.0 Å². The molecule has 1 saturated heterocycles. The van der Waals surface area contributed by atoms with Gasteiger partial charge in [-0.2, -0.15) is 13.2 Å². The van der Waals surface area contributed by atoms with E-state index in [0.29, 0.717) is 38.4 Å². The summed E-state index contributed by atoms with van der Waals surface area (Å²) in [4.78, 5) is 15.9. The Morgan fingerprint density at radius 1 is 1.23 bits per heavy atom. The Kier molecular flexibility index (Phi) is 7.39. The number of pyridine rings is 1. The lowest BCUT2D eigenvalue weighted by atomic mass is 10.1. The van der Waals surface area contributed by atoms with E-state index in [1.54, 1.807) is 24.3 Å². The lowest BCUT2D eigenvalue weighted by Crippen LogP contribution is -2.38. The molecule has 1 aromatic heterocycles. The van der Waals surface area contributed by atoms with Gasteiger partial charge in [0.2, 0.25) is 5.91 Å². The molecule has 2 atom stereocenters. The molecule has 1 aromatic carbocycles. The van der Waals surface area contributed by atoms with Crippen LogP contribution in [0.1, 0.15) is 51.6 Å². The van der Waals surface area contributed by atoms with Crippen molar-refractivity contribution in [2.24, 2.45) is 5.92 Å². The fourth-order valence-corrected chi connectivity index (χ4v) is 5.16. The summed E-state index contributed by atoms with van der Waals surface area (Å²) < 4.78 is 39.9. The van der Waals surface area contributed by atoms with Gasteiger partial charge in [-0.15, -0.1) is 0 Å². The van der Waals surface area contributed by atoms with E-state index >= 15 is 0 Å². The topological polar surface area (TPSA) is 54.0 Å². The molecule has 1 amide bonds. The van der Waals surface area contributed by atoms with Gasteiger partial charge < -0.3 is 10.6 Å². The molecule has 0 aliphatic carbocycles. The van der Waals surface area contributed by atoms with Crippen LogP contribution in [0.5, 0.6) is 0 Å². The number of carbonyl (C=O) groups excluding carboxylic acids is 1. The van der Waals surface area contributed by atoms with Gasteiger partial charge in [0, 0.05) is 29.2 Å². The number of amides is 1. The van der Waals surface area contributed by atoms with Crippen LogP contribution in [0.3, 0.4) is 0 Å². The van der Waals surface area contributed by atoms with Crippen molar-refractivity contribution < 1.29 is 18.0 Å². The van der Waals surface area contributed by atoms with Gasteiger partial charge in [0.15, 0.2) is 0 Å². The van der Waals surface area contributed by atoms with Crippen LogP contribution >= 0.6 is 0 Å². The lowest BCUT2D eigenvalue weighted by Gasteiger charge is -2.21. The van der Waals surface area contributed by atoms with Gasteiger partial charge >= 0.3 is 6.18 Å². The van der Waals surface area contributed by atoms with Crippen molar-refractivity contribution in [2.45, 2.75) is 69.9 Å². The summed E-state index contributed by atoms with van der Waals surface area (Å²) >= 11 is 0. The Bertz CT molecular complexity index is 872. The van der Waals surface area contributed by atoms with Gasteiger partial charge in [-0.25, -0.2) is 4.98 Å². The molecule has 30 heavy (non-hydrogen) atoms. The zero-order chi connectivity index (χ0) is 21.7. The first-order valence-corrected chi connectivity index (χ1v) is 11.8. The number of para-hydroxylation sites is 1. The normalized spacial score (nSPS) is 20.2. The molecule has 0 bridgehead atoms. The van der Waals surface area contributed by atoms with Crippen LogP contribution in [0.25, 0.3) is 10.9 Å². The van der Waals surface area contributed by atoms with Crippen molar-refractivity contribution in [1.29, 1.82) is 0 Å². The lowest BCUT2D eigenvalue weighted by molar-refractivity contribution is -0.140. The molecule has 3 rings (SSSR count). The molecule has 0 unspecified atom stereocenters. The summed E-state index contributed by atoms with van der Waals surface area (Å²) in [6.45, 7) is 4.20. The number of halogens is 3. The van der Waals surface area contributed by atoms with Gasteiger partial charge in [-0.1, -0.05) is 38.1 Å². The van der Waals surface area contributed by atoms with Crippen molar-refractivity contribution in [3.63, 3.8) is 0 Å². The Labute approximate surface area is 177 Å². The zero-order valence-electron chi connectivity index (χ0n) is 17.4. The first-order valence-electron chi connectivity index (χ1n) is 10.5. The predicted octanol–water partition coefficient (Wildman–Crippen LogP) is 5.22. The number of nitrogens with one attached hydrogen (secondary N) is 2. The largest absolute Gasteiger partial charge is 0.433 e. The van der Waals surface area contributed by atoms with Crippen LogP contribution in [-0.2, 0) is 11.0 Å². The van der Waals surface area contributed by atoms with E-state index in [0.717, 1.165) is 37.8 Å². The van der Waals surface area contributed by atoms with Crippen LogP contribution in [0.2, 0.25) is 6.04 Å². The maximum atomic E-state index is 13.3. The van der Waals surface area contributed by atoms with Gasteiger partial charge in [0.1, 0.15) is 5.69 Å². The number of nitrogens with zero attached hydrogens (tertiary/aromatic N) is 1. The highest BCUT2D eigenvalue weighted by Gasteiger charge is 2.33. The maximum absolute atomic E-state index is 13.3. The minimum absolute atomic E-state index is 0.0713. The smallest absolute Gasteiger partial charge is 0.382 e. The maximum Gasteiger partial charge on any atom is 0.433 e. The highest BCUT2D eigenvalue weighted by molar-refractivity contribution is 6.38. The minimum atomic E-state index is -4.49.